The number of nitrogen functional groups attached to an aromatic ring is 2. The number of anilines is 3. The largest absolute Gasteiger partial charge is 0.496 e. The van der Waals surface area contributed by atoms with Crippen molar-refractivity contribution in [2.75, 3.05) is 23.6 Å². The van der Waals surface area contributed by atoms with Gasteiger partial charge in [-0.25, -0.2) is 5.84 Å². The van der Waals surface area contributed by atoms with E-state index >= 15 is 0 Å². The van der Waals surface area contributed by atoms with Crippen molar-refractivity contribution in [3.63, 3.8) is 0 Å². The normalized spacial score (nSPS) is 10.7. The van der Waals surface area contributed by atoms with Crippen molar-refractivity contribution in [2.45, 2.75) is 20.4 Å². The summed E-state index contributed by atoms with van der Waals surface area (Å²) in [4.78, 5) is 7.85. The molecule has 0 spiro atoms. The lowest BCUT2D eigenvalue weighted by Crippen LogP contribution is -2.32. The van der Waals surface area contributed by atoms with Gasteiger partial charge < -0.3 is 16.2 Å². The number of hydrogen-bond donors (Lipinski definition) is 3. The second-order valence-corrected chi connectivity index (χ2v) is 6.21. The van der Waals surface area contributed by atoms with Crippen LogP contribution in [-0.2, 0) is 6.54 Å². The molecule has 0 bridgehead atoms. The summed E-state index contributed by atoms with van der Waals surface area (Å²) in [5, 5.41) is 1.45. The molecule has 1 heterocycles. The Balaban J connectivity index is 2.40. The van der Waals surface area contributed by atoms with Crippen LogP contribution in [0.25, 0.3) is 0 Å². The average Bonchev–Trinajstić information content (AvgIpc) is 2.48. The topological polar surface area (TPSA) is 116 Å². The van der Waals surface area contributed by atoms with Crippen LogP contribution in [0.4, 0.5) is 17.5 Å². The van der Waals surface area contributed by atoms with E-state index in [0.717, 1.165) is 26.9 Å². The molecule has 9 heteroatoms. The van der Waals surface area contributed by atoms with Gasteiger partial charge in [-0.1, -0.05) is 27.5 Å². The Bertz CT molecular complexity index is 755. The van der Waals surface area contributed by atoms with Crippen LogP contribution in [0.5, 0.6) is 5.75 Å². The minimum absolute atomic E-state index is 0.0100. The van der Waals surface area contributed by atoms with Crippen molar-refractivity contribution in [3.8, 4) is 5.75 Å². The van der Waals surface area contributed by atoms with Gasteiger partial charge in [0.1, 0.15) is 11.4 Å². The summed E-state index contributed by atoms with van der Waals surface area (Å²) in [6, 6.07) is 1.98. The molecule has 0 atom stereocenters. The Labute approximate surface area is 147 Å². The molecule has 0 fully saturated rings. The summed E-state index contributed by atoms with van der Waals surface area (Å²) in [6.45, 7) is 4.29. The Morgan fingerprint density at radius 2 is 1.96 bits per heavy atom. The van der Waals surface area contributed by atoms with Crippen LogP contribution >= 0.6 is 27.5 Å². The predicted molar refractivity (Wildman–Crippen MR) is 96.4 cm³/mol. The van der Waals surface area contributed by atoms with Gasteiger partial charge in [-0.2, -0.15) is 9.97 Å². The van der Waals surface area contributed by atoms with Gasteiger partial charge in [-0.3, -0.25) is 5.01 Å². The maximum absolute atomic E-state index is 6.10. The summed E-state index contributed by atoms with van der Waals surface area (Å²) in [6.07, 6.45) is 0. The Hall–Kier alpha value is -1.77. The van der Waals surface area contributed by atoms with Crippen LogP contribution in [0.15, 0.2) is 10.5 Å². The van der Waals surface area contributed by atoms with Gasteiger partial charge in [0.05, 0.1) is 13.7 Å². The SMILES string of the molecule is COc1c(C)cc(CN(N)c2nc(N)nc(Cl)c2N)c(Br)c1C. The lowest BCUT2D eigenvalue weighted by atomic mass is 10.1. The van der Waals surface area contributed by atoms with E-state index in [1.807, 2.05) is 19.9 Å². The number of rotatable bonds is 4. The Morgan fingerprint density at radius 3 is 2.57 bits per heavy atom. The average molecular weight is 402 g/mol. The Kier molecular flexibility index (Phi) is 5.18. The first-order chi connectivity index (χ1) is 10.8. The van der Waals surface area contributed by atoms with Gasteiger partial charge in [0.2, 0.25) is 5.95 Å². The van der Waals surface area contributed by atoms with Gasteiger partial charge in [-0.15, -0.1) is 0 Å². The maximum Gasteiger partial charge on any atom is 0.223 e. The molecule has 2 aromatic rings. The molecule has 0 saturated carbocycles. The van der Waals surface area contributed by atoms with Gasteiger partial charge in [0.15, 0.2) is 11.0 Å². The van der Waals surface area contributed by atoms with Crippen LogP contribution in [0, 0.1) is 13.8 Å². The highest BCUT2D eigenvalue weighted by atomic mass is 79.9. The molecular formula is C14H18BrClN6O. The molecule has 0 aliphatic carbocycles. The summed E-state index contributed by atoms with van der Waals surface area (Å²) < 4.78 is 6.31. The number of halogens is 2. The van der Waals surface area contributed by atoms with Crippen molar-refractivity contribution in [1.82, 2.24) is 9.97 Å². The maximum atomic E-state index is 6.10. The molecule has 0 saturated heterocycles. The highest BCUT2D eigenvalue weighted by Gasteiger charge is 2.17. The van der Waals surface area contributed by atoms with Crippen LogP contribution in [-0.4, -0.2) is 17.1 Å². The zero-order valence-corrected chi connectivity index (χ0v) is 15.4. The molecule has 6 N–H and O–H groups in total. The molecule has 0 aliphatic heterocycles. The highest BCUT2D eigenvalue weighted by Crippen LogP contribution is 2.34. The third-order valence-corrected chi connectivity index (χ3v) is 4.81. The first-order valence-electron chi connectivity index (χ1n) is 6.69. The lowest BCUT2D eigenvalue weighted by Gasteiger charge is -2.22. The van der Waals surface area contributed by atoms with E-state index in [1.54, 1.807) is 7.11 Å². The van der Waals surface area contributed by atoms with Crippen molar-refractivity contribution in [2.24, 2.45) is 5.84 Å². The summed E-state index contributed by atoms with van der Waals surface area (Å²) in [5.74, 6) is 7.22. The van der Waals surface area contributed by atoms with Gasteiger partial charge in [-0.05, 0) is 31.0 Å². The molecule has 1 aromatic carbocycles. The molecule has 0 aliphatic rings. The summed E-state index contributed by atoms with van der Waals surface area (Å²) >= 11 is 9.50. The molecular weight excluding hydrogens is 384 g/mol. The molecule has 0 amide bonds. The van der Waals surface area contributed by atoms with Gasteiger partial charge in [0.25, 0.3) is 0 Å². The van der Waals surface area contributed by atoms with E-state index in [-0.39, 0.29) is 22.6 Å². The van der Waals surface area contributed by atoms with E-state index in [2.05, 4.69) is 25.9 Å². The van der Waals surface area contributed by atoms with E-state index in [4.69, 9.17) is 33.6 Å². The number of nitrogens with zero attached hydrogens (tertiary/aromatic N) is 3. The first kappa shape index (κ1) is 17.6. The van der Waals surface area contributed by atoms with Crippen LogP contribution in [0.2, 0.25) is 5.15 Å². The fourth-order valence-electron chi connectivity index (χ4n) is 2.38. The quantitative estimate of drug-likeness (QED) is 0.409. The number of hydrogen-bond acceptors (Lipinski definition) is 7. The molecule has 7 nitrogen and oxygen atoms in total. The first-order valence-corrected chi connectivity index (χ1v) is 7.86. The minimum atomic E-state index is 0.0100. The number of hydrazine groups is 1. The highest BCUT2D eigenvalue weighted by molar-refractivity contribution is 9.10. The fraction of sp³-hybridized carbons (Fsp3) is 0.286. The van der Waals surface area contributed by atoms with Crippen molar-refractivity contribution >= 4 is 45.0 Å². The number of methoxy groups -OCH3 is 1. The van der Waals surface area contributed by atoms with Crippen LogP contribution in [0.1, 0.15) is 16.7 Å². The van der Waals surface area contributed by atoms with Gasteiger partial charge in [0, 0.05) is 10.0 Å². The van der Waals surface area contributed by atoms with Crippen LogP contribution < -0.4 is 27.1 Å². The number of benzene rings is 1. The second-order valence-electron chi connectivity index (χ2n) is 5.06. The third-order valence-electron chi connectivity index (χ3n) is 3.41. The molecule has 1 aromatic heterocycles. The van der Waals surface area contributed by atoms with E-state index in [9.17, 15) is 0 Å². The number of aryl methyl sites for hydroxylation is 1. The van der Waals surface area contributed by atoms with E-state index in [0.29, 0.717) is 6.54 Å². The minimum Gasteiger partial charge on any atom is -0.496 e. The number of aromatic nitrogens is 2. The molecule has 23 heavy (non-hydrogen) atoms. The smallest absolute Gasteiger partial charge is 0.223 e. The molecule has 124 valence electrons. The monoisotopic (exact) mass is 400 g/mol. The van der Waals surface area contributed by atoms with Crippen molar-refractivity contribution in [3.05, 3.63) is 32.4 Å². The lowest BCUT2D eigenvalue weighted by molar-refractivity contribution is 0.408. The van der Waals surface area contributed by atoms with Crippen molar-refractivity contribution < 1.29 is 4.74 Å². The van der Waals surface area contributed by atoms with Crippen LogP contribution in [0.3, 0.4) is 0 Å². The second kappa shape index (κ2) is 6.77. The zero-order chi connectivity index (χ0) is 17.3. The number of ether oxygens (including phenoxy) is 1. The van der Waals surface area contributed by atoms with Gasteiger partial charge >= 0.3 is 0 Å². The van der Waals surface area contributed by atoms with E-state index < -0.39 is 0 Å². The molecule has 0 radical (unpaired) electrons. The summed E-state index contributed by atoms with van der Waals surface area (Å²) in [5.41, 5.74) is 14.6. The van der Waals surface area contributed by atoms with E-state index in [1.165, 1.54) is 5.01 Å². The third kappa shape index (κ3) is 3.44. The van der Waals surface area contributed by atoms with Crippen molar-refractivity contribution in [1.29, 1.82) is 0 Å². The molecule has 0 unspecified atom stereocenters. The molecule has 2 rings (SSSR count). The zero-order valence-electron chi connectivity index (χ0n) is 13.0. The Morgan fingerprint density at radius 1 is 1.30 bits per heavy atom. The standard InChI is InChI=1S/C14H18BrClN6O/c1-6-4-8(9(15)7(2)11(6)23-3)5-22(19)13-10(17)12(16)20-14(18)21-13/h4H,5,17,19H2,1-3H3,(H2,18,20,21). The fourth-order valence-corrected chi connectivity index (χ4v) is 2.97. The predicted octanol–water partition coefficient (Wildman–Crippen LogP) is 2.56. The summed E-state index contributed by atoms with van der Waals surface area (Å²) in [7, 11) is 1.64. The number of nitrogens with two attached hydrogens (primary N) is 3.